The van der Waals surface area contributed by atoms with Gasteiger partial charge in [-0.1, -0.05) is 36.0 Å². The van der Waals surface area contributed by atoms with Gasteiger partial charge in [0.2, 0.25) is 5.91 Å². The van der Waals surface area contributed by atoms with E-state index in [1.807, 2.05) is 0 Å². The Morgan fingerprint density at radius 3 is 2.88 bits per heavy atom. The molecule has 0 radical (unpaired) electrons. The highest BCUT2D eigenvalue weighted by atomic mass is 32.2. The molecule has 1 unspecified atom stereocenters. The first kappa shape index (κ1) is 16.7. The molecule has 2 aromatic rings. The van der Waals surface area contributed by atoms with Crippen molar-refractivity contribution >= 4 is 17.7 Å². The highest BCUT2D eigenvalue weighted by Crippen LogP contribution is 2.40. The Kier molecular flexibility index (Phi) is 4.59. The summed E-state index contributed by atoms with van der Waals surface area (Å²) in [5.41, 5.74) is 4.99. The summed E-state index contributed by atoms with van der Waals surface area (Å²) in [6.07, 6.45) is 5.75. The summed E-state index contributed by atoms with van der Waals surface area (Å²) in [5, 5.41) is 4.23. The molecule has 1 atom stereocenters. The Morgan fingerprint density at radius 1 is 1.28 bits per heavy atom. The number of nitrogens with zero attached hydrogens (tertiary/aromatic N) is 2. The first-order valence-electron chi connectivity index (χ1n) is 9.19. The van der Waals surface area contributed by atoms with Crippen LogP contribution in [0.1, 0.15) is 60.3 Å². The lowest BCUT2D eigenvalue weighted by Gasteiger charge is -2.26. The lowest BCUT2D eigenvalue weighted by molar-refractivity contribution is -0.119. The van der Waals surface area contributed by atoms with E-state index in [9.17, 15) is 4.79 Å². The Hall–Kier alpha value is -1.75. The highest BCUT2D eigenvalue weighted by molar-refractivity contribution is 7.99. The second-order valence-corrected chi connectivity index (χ2v) is 8.11. The number of nitrogens with one attached hydrogen (secondary N) is 1. The van der Waals surface area contributed by atoms with Crippen molar-refractivity contribution in [2.24, 2.45) is 0 Å². The number of hydrogen-bond acceptors (Lipinski definition) is 3. The number of rotatable bonds is 5. The fourth-order valence-electron chi connectivity index (χ4n) is 3.73. The fourth-order valence-corrected chi connectivity index (χ4v) is 4.70. The van der Waals surface area contributed by atoms with E-state index in [0.717, 1.165) is 30.1 Å². The van der Waals surface area contributed by atoms with Crippen molar-refractivity contribution in [3.8, 4) is 0 Å². The van der Waals surface area contributed by atoms with Crippen LogP contribution in [0.2, 0.25) is 0 Å². The number of carbonyl (C=O) groups is 1. The third-order valence-corrected chi connectivity index (χ3v) is 6.26. The van der Waals surface area contributed by atoms with Crippen LogP contribution in [0.5, 0.6) is 0 Å². The Labute approximate surface area is 153 Å². The van der Waals surface area contributed by atoms with Crippen molar-refractivity contribution in [2.75, 3.05) is 5.75 Å². The average Bonchev–Trinajstić information content (AvgIpc) is 3.40. The number of fused-ring (bicyclic) bond motifs is 1. The van der Waals surface area contributed by atoms with E-state index in [1.165, 1.54) is 29.7 Å². The molecule has 1 saturated carbocycles. The van der Waals surface area contributed by atoms with Crippen LogP contribution in [0.4, 0.5) is 0 Å². The Morgan fingerprint density at radius 2 is 2.08 bits per heavy atom. The number of thioether (sulfide) groups is 1. The standard InChI is InChI=1S/C20H25N3OS/c1-13-14(2)23(16-10-11-16)20(21-13)25-12-19(24)22-18-9-5-7-15-6-3-4-8-17(15)18/h3-4,6,8,16,18H,5,7,9-12H2,1-2H3,(H,22,24). The van der Waals surface area contributed by atoms with E-state index in [2.05, 4.69) is 53.0 Å². The van der Waals surface area contributed by atoms with E-state index >= 15 is 0 Å². The molecule has 2 aliphatic rings. The lowest BCUT2D eigenvalue weighted by Crippen LogP contribution is -2.32. The van der Waals surface area contributed by atoms with Gasteiger partial charge < -0.3 is 9.88 Å². The van der Waals surface area contributed by atoms with Crippen molar-refractivity contribution in [3.63, 3.8) is 0 Å². The molecule has 0 spiro atoms. The average molecular weight is 356 g/mol. The predicted octanol–water partition coefficient (Wildman–Crippen LogP) is 4.12. The third-order valence-electron chi connectivity index (χ3n) is 5.30. The van der Waals surface area contributed by atoms with Crippen LogP contribution in [0, 0.1) is 13.8 Å². The summed E-state index contributed by atoms with van der Waals surface area (Å²) in [5.74, 6) is 0.536. The minimum Gasteiger partial charge on any atom is -0.349 e. The first-order chi connectivity index (χ1) is 12.1. The molecule has 1 fully saturated rings. The van der Waals surface area contributed by atoms with Gasteiger partial charge in [-0.3, -0.25) is 4.79 Å². The third kappa shape index (κ3) is 3.47. The van der Waals surface area contributed by atoms with Crippen LogP contribution in [0.15, 0.2) is 29.4 Å². The molecular formula is C20H25N3OS. The van der Waals surface area contributed by atoms with Gasteiger partial charge in [-0.25, -0.2) is 4.98 Å². The number of aromatic nitrogens is 2. The highest BCUT2D eigenvalue weighted by Gasteiger charge is 2.29. The van der Waals surface area contributed by atoms with Crippen LogP contribution in [0.25, 0.3) is 0 Å². The largest absolute Gasteiger partial charge is 0.349 e. The Bertz CT molecular complexity index is 794. The second kappa shape index (κ2) is 6.87. The van der Waals surface area contributed by atoms with Crippen LogP contribution >= 0.6 is 11.8 Å². The predicted molar refractivity (Wildman–Crippen MR) is 101 cm³/mol. The monoisotopic (exact) mass is 355 g/mol. The molecule has 0 aliphatic heterocycles. The van der Waals surface area contributed by atoms with Crippen molar-refractivity contribution < 1.29 is 4.79 Å². The summed E-state index contributed by atoms with van der Waals surface area (Å²) in [6, 6.07) is 9.23. The minimum absolute atomic E-state index is 0.104. The van der Waals surface area contributed by atoms with Gasteiger partial charge in [0.05, 0.1) is 17.5 Å². The normalized spacial score (nSPS) is 19.5. The molecule has 1 N–H and O–H groups in total. The molecule has 4 rings (SSSR count). The number of aryl methyl sites for hydroxylation is 2. The first-order valence-corrected chi connectivity index (χ1v) is 10.2. The number of hydrogen-bond donors (Lipinski definition) is 1. The van der Waals surface area contributed by atoms with Crippen molar-refractivity contribution in [3.05, 3.63) is 46.8 Å². The van der Waals surface area contributed by atoms with E-state index in [-0.39, 0.29) is 11.9 Å². The molecule has 132 valence electrons. The molecule has 0 saturated heterocycles. The van der Waals surface area contributed by atoms with E-state index < -0.39 is 0 Å². The minimum atomic E-state index is 0.104. The SMILES string of the molecule is Cc1nc(SCC(=O)NC2CCCc3ccccc32)n(C2CC2)c1C. The summed E-state index contributed by atoms with van der Waals surface area (Å²) in [6.45, 7) is 4.18. The zero-order valence-corrected chi connectivity index (χ0v) is 15.7. The van der Waals surface area contributed by atoms with Gasteiger partial charge in [0, 0.05) is 11.7 Å². The van der Waals surface area contributed by atoms with Gasteiger partial charge in [-0.15, -0.1) is 0 Å². The molecule has 0 bridgehead atoms. The molecule has 5 heteroatoms. The summed E-state index contributed by atoms with van der Waals surface area (Å²) >= 11 is 1.57. The van der Waals surface area contributed by atoms with Gasteiger partial charge in [0.15, 0.2) is 5.16 Å². The zero-order valence-electron chi connectivity index (χ0n) is 14.9. The Balaban J connectivity index is 1.40. The van der Waals surface area contributed by atoms with Gasteiger partial charge in [-0.2, -0.15) is 0 Å². The molecule has 1 aromatic carbocycles. The van der Waals surface area contributed by atoms with Crippen LogP contribution < -0.4 is 5.32 Å². The zero-order chi connectivity index (χ0) is 17.4. The molecule has 1 amide bonds. The van der Waals surface area contributed by atoms with Crippen LogP contribution in [-0.2, 0) is 11.2 Å². The van der Waals surface area contributed by atoms with Crippen LogP contribution in [0.3, 0.4) is 0 Å². The number of imidazole rings is 1. The van der Waals surface area contributed by atoms with Crippen molar-refractivity contribution in [1.29, 1.82) is 0 Å². The quantitative estimate of drug-likeness (QED) is 0.821. The van der Waals surface area contributed by atoms with Gasteiger partial charge in [0.25, 0.3) is 0 Å². The van der Waals surface area contributed by atoms with Gasteiger partial charge in [-0.05, 0) is 57.1 Å². The van der Waals surface area contributed by atoms with Gasteiger partial charge >= 0.3 is 0 Å². The molecule has 1 aromatic heterocycles. The number of amides is 1. The lowest BCUT2D eigenvalue weighted by atomic mass is 9.88. The molecule has 25 heavy (non-hydrogen) atoms. The summed E-state index contributed by atoms with van der Waals surface area (Å²) in [4.78, 5) is 17.2. The summed E-state index contributed by atoms with van der Waals surface area (Å²) in [7, 11) is 0. The smallest absolute Gasteiger partial charge is 0.230 e. The number of benzene rings is 1. The van der Waals surface area contributed by atoms with Crippen molar-refractivity contribution in [2.45, 2.75) is 63.2 Å². The topological polar surface area (TPSA) is 46.9 Å². The molecule has 2 aliphatic carbocycles. The maximum Gasteiger partial charge on any atom is 0.230 e. The van der Waals surface area contributed by atoms with Crippen molar-refractivity contribution in [1.82, 2.24) is 14.9 Å². The maximum atomic E-state index is 12.5. The second-order valence-electron chi connectivity index (χ2n) is 7.17. The summed E-state index contributed by atoms with van der Waals surface area (Å²) < 4.78 is 2.32. The maximum absolute atomic E-state index is 12.5. The molecule has 4 nitrogen and oxygen atoms in total. The molecular weight excluding hydrogens is 330 g/mol. The fraction of sp³-hybridized carbons (Fsp3) is 0.500. The van der Waals surface area contributed by atoms with E-state index in [4.69, 9.17) is 0 Å². The number of carbonyl (C=O) groups excluding carboxylic acids is 1. The van der Waals surface area contributed by atoms with Crippen LogP contribution in [-0.4, -0.2) is 21.2 Å². The van der Waals surface area contributed by atoms with E-state index in [1.54, 1.807) is 11.8 Å². The van der Waals surface area contributed by atoms with Gasteiger partial charge in [0.1, 0.15) is 0 Å². The van der Waals surface area contributed by atoms with E-state index in [0.29, 0.717) is 11.8 Å². The molecule has 1 heterocycles.